The molecule has 0 unspecified atom stereocenters. The second-order valence-corrected chi connectivity index (χ2v) is 12.0. The number of halogens is 1. The van der Waals surface area contributed by atoms with E-state index >= 15 is 0 Å². The van der Waals surface area contributed by atoms with Crippen molar-refractivity contribution in [2.24, 2.45) is 0 Å². The zero-order valence-corrected chi connectivity index (χ0v) is 24.6. The Bertz CT molecular complexity index is 1560. The number of carbonyl (C=O) groups excluding carboxylic acids is 3. The van der Waals surface area contributed by atoms with Crippen molar-refractivity contribution >= 4 is 73.3 Å². The van der Waals surface area contributed by atoms with Crippen LogP contribution in [0, 0.1) is 10.5 Å². The molecule has 0 bridgehead atoms. The molecule has 1 aliphatic heterocycles. The van der Waals surface area contributed by atoms with Crippen LogP contribution >= 0.6 is 34.4 Å². The van der Waals surface area contributed by atoms with Gasteiger partial charge in [-0.25, -0.2) is 0 Å². The number of hydrogen-bond acceptors (Lipinski definition) is 8. The largest absolute Gasteiger partial charge is 0.490 e. The molecule has 4 rings (SSSR count). The Balaban J connectivity index is 1.55. The molecule has 0 aliphatic carbocycles. The summed E-state index contributed by atoms with van der Waals surface area (Å²) in [6.45, 7) is 3.39. The number of rotatable bonds is 9. The smallest absolute Gasteiger partial charge is 0.339 e. The third kappa shape index (κ3) is 6.99. The lowest BCUT2D eigenvalue weighted by Gasteiger charge is -2.15. The molecule has 3 aromatic carbocycles. The lowest BCUT2D eigenvalue weighted by atomic mass is 10.2. The number of imide groups is 1. The fourth-order valence-electron chi connectivity index (χ4n) is 3.53. The molecule has 0 aromatic heterocycles. The van der Waals surface area contributed by atoms with Gasteiger partial charge in [0.2, 0.25) is 5.91 Å². The Labute approximate surface area is 243 Å². The predicted molar refractivity (Wildman–Crippen MR) is 157 cm³/mol. The Kier molecular flexibility index (Phi) is 8.97. The average molecular weight is 679 g/mol. The summed E-state index contributed by atoms with van der Waals surface area (Å²) in [4.78, 5) is 38.8. The molecule has 9 nitrogen and oxygen atoms in total. The summed E-state index contributed by atoms with van der Waals surface area (Å²) in [5.41, 5.74) is 1.95. The van der Waals surface area contributed by atoms with E-state index in [-0.39, 0.29) is 27.9 Å². The molecule has 1 saturated heterocycles. The Morgan fingerprint density at radius 2 is 1.77 bits per heavy atom. The zero-order chi connectivity index (χ0) is 28.2. The summed E-state index contributed by atoms with van der Waals surface area (Å²) < 4.78 is 37.3. The number of amides is 3. The number of anilines is 1. The number of ether oxygens (including phenoxy) is 1. The highest BCUT2D eigenvalue weighted by Gasteiger charge is 2.36. The van der Waals surface area contributed by atoms with Gasteiger partial charge in [-0.3, -0.25) is 19.3 Å². The third-order valence-electron chi connectivity index (χ3n) is 5.37. The van der Waals surface area contributed by atoms with Gasteiger partial charge in [0.05, 0.1) is 15.1 Å². The van der Waals surface area contributed by atoms with Gasteiger partial charge in [-0.15, -0.1) is 0 Å². The minimum absolute atomic E-state index is 0.000371. The summed E-state index contributed by atoms with van der Waals surface area (Å²) in [6.07, 6.45) is 1.49. The highest BCUT2D eigenvalue weighted by Crippen LogP contribution is 2.38. The van der Waals surface area contributed by atoms with Gasteiger partial charge in [0.1, 0.15) is 11.4 Å². The molecule has 0 spiro atoms. The molecular weight excluding hydrogens is 655 g/mol. The van der Waals surface area contributed by atoms with Crippen molar-refractivity contribution in [2.75, 3.05) is 18.5 Å². The van der Waals surface area contributed by atoms with Crippen LogP contribution in [0.3, 0.4) is 0 Å². The van der Waals surface area contributed by atoms with Crippen LogP contribution in [0.2, 0.25) is 0 Å². The molecule has 3 aromatic rings. The minimum atomic E-state index is -4.13. The highest BCUT2D eigenvalue weighted by molar-refractivity contribution is 14.1. The van der Waals surface area contributed by atoms with Crippen molar-refractivity contribution in [1.29, 1.82) is 0 Å². The van der Waals surface area contributed by atoms with Crippen LogP contribution in [-0.2, 0) is 19.7 Å². The maximum atomic E-state index is 12.9. The van der Waals surface area contributed by atoms with Gasteiger partial charge in [0.25, 0.3) is 11.1 Å². The van der Waals surface area contributed by atoms with Crippen LogP contribution in [0.5, 0.6) is 11.5 Å². The maximum absolute atomic E-state index is 12.9. The first kappa shape index (κ1) is 28.6. The van der Waals surface area contributed by atoms with E-state index in [9.17, 15) is 22.8 Å². The Morgan fingerprint density at radius 1 is 1.08 bits per heavy atom. The molecule has 12 heteroatoms. The van der Waals surface area contributed by atoms with E-state index in [4.69, 9.17) is 8.92 Å². The molecule has 0 atom stereocenters. The summed E-state index contributed by atoms with van der Waals surface area (Å²) in [5.74, 6) is -0.939. The molecule has 1 heterocycles. The summed E-state index contributed by atoms with van der Waals surface area (Å²) in [6, 6.07) is 18.1. The van der Waals surface area contributed by atoms with Crippen molar-refractivity contribution in [3.8, 4) is 11.5 Å². The molecule has 202 valence electrons. The zero-order valence-electron chi connectivity index (χ0n) is 20.8. The van der Waals surface area contributed by atoms with Gasteiger partial charge in [-0.1, -0.05) is 35.9 Å². The molecule has 39 heavy (non-hydrogen) atoms. The molecular formula is C27H23IN2O7S2. The van der Waals surface area contributed by atoms with E-state index in [1.54, 1.807) is 55.5 Å². The Morgan fingerprint density at radius 3 is 2.44 bits per heavy atom. The van der Waals surface area contributed by atoms with Gasteiger partial charge >= 0.3 is 10.1 Å². The topological polar surface area (TPSA) is 119 Å². The molecule has 3 amide bonds. The molecule has 1 N–H and O–H groups in total. The quantitative estimate of drug-likeness (QED) is 0.181. The van der Waals surface area contributed by atoms with Crippen molar-refractivity contribution in [1.82, 2.24) is 4.90 Å². The van der Waals surface area contributed by atoms with Crippen molar-refractivity contribution in [3.05, 3.63) is 86.3 Å². The molecule has 0 saturated carbocycles. The standard InChI is InChI=1S/C27H23IN2O7S2/c1-3-36-22-14-18(13-21(28)25(22)37-39(34,35)20-11-9-17(2)10-12-20)15-23-26(32)30(27(33)38-23)16-24(31)29-19-7-5-4-6-8-19/h4-15H,3,16H2,1-2H3,(H,29,31)/b23-15-. The van der Waals surface area contributed by atoms with E-state index in [2.05, 4.69) is 5.32 Å². The SMILES string of the molecule is CCOc1cc(/C=C2\SC(=O)N(CC(=O)Nc3ccccc3)C2=O)cc(I)c1OS(=O)(=O)c1ccc(C)cc1. The van der Waals surface area contributed by atoms with Crippen molar-refractivity contribution in [3.63, 3.8) is 0 Å². The Hall–Kier alpha value is -3.36. The van der Waals surface area contributed by atoms with Crippen LogP contribution in [0.4, 0.5) is 10.5 Å². The first-order chi connectivity index (χ1) is 18.6. The van der Waals surface area contributed by atoms with Crippen molar-refractivity contribution < 1.29 is 31.7 Å². The van der Waals surface area contributed by atoms with Gasteiger partial charge < -0.3 is 14.2 Å². The van der Waals surface area contributed by atoms with Gasteiger partial charge in [-0.05, 0) is 96.2 Å². The second kappa shape index (κ2) is 12.2. The normalized spacial score (nSPS) is 14.5. The number of hydrogen-bond donors (Lipinski definition) is 1. The van der Waals surface area contributed by atoms with Gasteiger partial charge in [0.15, 0.2) is 11.5 Å². The van der Waals surface area contributed by atoms with Crippen LogP contribution in [0.15, 0.2) is 76.5 Å². The van der Waals surface area contributed by atoms with Gasteiger partial charge in [-0.2, -0.15) is 8.42 Å². The van der Waals surface area contributed by atoms with E-state index in [0.717, 1.165) is 10.5 Å². The van der Waals surface area contributed by atoms with E-state index in [1.807, 2.05) is 29.5 Å². The molecule has 1 fully saturated rings. The first-order valence-corrected chi connectivity index (χ1v) is 15.0. The van der Waals surface area contributed by atoms with Crippen LogP contribution in [0.25, 0.3) is 6.08 Å². The lowest BCUT2D eigenvalue weighted by molar-refractivity contribution is -0.127. The number of thioether (sulfide) groups is 1. The maximum Gasteiger partial charge on any atom is 0.339 e. The van der Waals surface area contributed by atoms with Crippen LogP contribution in [0.1, 0.15) is 18.1 Å². The number of aryl methyl sites for hydroxylation is 1. The fraction of sp³-hybridized carbons (Fsp3) is 0.148. The third-order valence-corrected chi connectivity index (χ3v) is 8.31. The van der Waals surface area contributed by atoms with E-state index in [0.29, 0.717) is 26.6 Å². The van der Waals surface area contributed by atoms with Gasteiger partial charge in [0, 0.05) is 5.69 Å². The number of para-hydroxylation sites is 1. The number of nitrogens with zero attached hydrogens (tertiary/aromatic N) is 1. The molecule has 0 radical (unpaired) electrons. The number of nitrogens with one attached hydrogen (secondary N) is 1. The molecule has 1 aliphatic rings. The van der Waals surface area contributed by atoms with Crippen molar-refractivity contribution in [2.45, 2.75) is 18.7 Å². The van der Waals surface area contributed by atoms with E-state index in [1.165, 1.54) is 24.3 Å². The highest BCUT2D eigenvalue weighted by atomic mass is 127. The summed E-state index contributed by atoms with van der Waals surface area (Å²) >= 11 is 2.63. The van der Waals surface area contributed by atoms with Crippen LogP contribution in [-0.4, -0.2) is 43.5 Å². The minimum Gasteiger partial charge on any atom is -0.490 e. The first-order valence-electron chi connectivity index (χ1n) is 11.6. The van der Waals surface area contributed by atoms with E-state index < -0.39 is 33.7 Å². The number of carbonyl (C=O) groups is 3. The van der Waals surface area contributed by atoms with Crippen LogP contribution < -0.4 is 14.2 Å². The fourth-order valence-corrected chi connectivity index (χ4v) is 6.21. The predicted octanol–water partition coefficient (Wildman–Crippen LogP) is 5.44. The average Bonchev–Trinajstić information content (AvgIpc) is 3.14. The monoisotopic (exact) mass is 678 g/mol. The lowest BCUT2D eigenvalue weighted by Crippen LogP contribution is -2.36. The number of benzene rings is 3. The summed E-state index contributed by atoms with van der Waals surface area (Å²) in [7, 11) is -4.13. The second-order valence-electron chi connectivity index (χ2n) is 8.30. The summed E-state index contributed by atoms with van der Waals surface area (Å²) in [5, 5.41) is 2.08.